The van der Waals surface area contributed by atoms with E-state index in [2.05, 4.69) is 37.8 Å². The van der Waals surface area contributed by atoms with Gasteiger partial charge < -0.3 is 28.2 Å². The molecule has 0 aliphatic carbocycles. The van der Waals surface area contributed by atoms with E-state index in [1.54, 1.807) is 21.0 Å². The van der Waals surface area contributed by atoms with Gasteiger partial charge in [-0.25, -0.2) is 0 Å². The van der Waals surface area contributed by atoms with Gasteiger partial charge in [-0.15, -0.1) is 0 Å². The highest BCUT2D eigenvalue weighted by atomic mass is 28.4. The lowest BCUT2D eigenvalue weighted by molar-refractivity contribution is -0.155. The van der Waals surface area contributed by atoms with Crippen molar-refractivity contribution in [3.63, 3.8) is 0 Å². The van der Waals surface area contributed by atoms with Crippen LogP contribution in [0.2, 0.25) is 38.3 Å². The highest BCUT2D eigenvalue weighted by molar-refractivity contribution is 6.84. The topological polar surface area (TPSA) is 135 Å². The van der Waals surface area contributed by atoms with Gasteiger partial charge in [0, 0.05) is 7.11 Å². The van der Waals surface area contributed by atoms with E-state index in [9.17, 15) is 19.2 Å². The predicted octanol–water partition coefficient (Wildman–Crippen LogP) is 10.3. The van der Waals surface area contributed by atoms with Crippen molar-refractivity contribution in [1.82, 2.24) is 0 Å². The molecule has 0 aromatic rings. The van der Waals surface area contributed by atoms with E-state index in [4.69, 9.17) is 23.4 Å². The summed E-state index contributed by atoms with van der Waals surface area (Å²) >= 11 is 0. The SMILES string of the molecule is CCC(C)(C)C(=O)O.CCC(C)(C)C(=O)OC.CCC(C)(C)C(=O)OCCOC.CCCC[Si](C)(C)O[Si](C)(C)CCCOC(=O)C(C)(C)CC. The van der Waals surface area contributed by atoms with Gasteiger partial charge in [-0.1, -0.05) is 47.5 Å². The van der Waals surface area contributed by atoms with Gasteiger partial charge in [-0.05, 0) is 126 Å². The molecule has 0 unspecified atom stereocenters. The Labute approximate surface area is 316 Å². The molecule has 1 N–H and O–H groups in total. The van der Waals surface area contributed by atoms with Gasteiger partial charge >= 0.3 is 23.9 Å². The molecule has 10 nitrogen and oxygen atoms in total. The van der Waals surface area contributed by atoms with Crippen LogP contribution in [0, 0.1) is 21.7 Å². The fourth-order valence-corrected chi connectivity index (χ4v) is 12.6. The molecule has 0 aromatic carbocycles. The lowest BCUT2D eigenvalue weighted by atomic mass is 9.91. The Bertz CT molecular complexity index is 973. The Hall–Kier alpha value is -1.77. The van der Waals surface area contributed by atoms with Gasteiger partial charge in [-0.2, -0.15) is 0 Å². The molecule has 0 radical (unpaired) electrons. The molecule has 0 aliphatic rings. The summed E-state index contributed by atoms with van der Waals surface area (Å²) in [6, 6.07) is 2.31. The minimum absolute atomic E-state index is 0.0759. The summed E-state index contributed by atoms with van der Waals surface area (Å²) in [6.45, 7) is 35.5. The molecule has 0 heterocycles. The third kappa shape index (κ3) is 28.4. The summed E-state index contributed by atoms with van der Waals surface area (Å²) in [5.41, 5.74) is -1.58. The van der Waals surface area contributed by atoms with Gasteiger partial charge in [-0.3, -0.25) is 19.2 Å². The predicted molar refractivity (Wildman–Crippen MR) is 215 cm³/mol. The smallest absolute Gasteiger partial charge is 0.311 e. The van der Waals surface area contributed by atoms with Crippen molar-refractivity contribution in [3.05, 3.63) is 0 Å². The van der Waals surface area contributed by atoms with E-state index in [1.165, 1.54) is 26.0 Å². The molecular weight excluding hydrogens is 685 g/mol. The number of rotatable bonds is 20. The first kappa shape index (κ1) is 56.0. The Kier molecular flexibility index (Phi) is 29.5. The molecule has 0 saturated heterocycles. The van der Waals surface area contributed by atoms with Crippen LogP contribution in [0.4, 0.5) is 0 Å². The molecular formula is C39H82O10Si2. The van der Waals surface area contributed by atoms with Gasteiger partial charge in [0.1, 0.15) is 6.61 Å². The van der Waals surface area contributed by atoms with Crippen LogP contribution in [0.15, 0.2) is 0 Å². The molecule has 0 spiro atoms. The number of carboxylic acid groups (broad SMARTS) is 1. The van der Waals surface area contributed by atoms with Crippen LogP contribution in [0.25, 0.3) is 0 Å². The third-order valence-electron chi connectivity index (χ3n) is 9.32. The second kappa shape index (κ2) is 26.9. The Balaban J connectivity index is -0.000000319. The van der Waals surface area contributed by atoms with E-state index in [-0.39, 0.29) is 34.2 Å². The standard InChI is InChI=1S/C17H38O3Si2.C9H18O3.C7H14O2.C6H12O2/c1-9-11-14-21(5,6)20-22(7,8)15-12-13-19-16(18)17(3,4)10-2;1-5-9(2,3)8(10)12-7-6-11-4;1-5-7(2,3)6(8)9-4;1-4-6(2,3)5(7)8/h9-15H2,1-8H3;5-7H2,1-4H3;5H2,1-4H3;4H2,1-3H3,(H,7,8). The van der Waals surface area contributed by atoms with Crippen LogP contribution in [-0.4, -0.2) is 79.7 Å². The number of methoxy groups -OCH3 is 2. The van der Waals surface area contributed by atoms with Gasteiger partial charge in [0.2, 0.25) is 0 Å². The van der Waals surface area contributed by atoms with E-state index >= 15 is 0 Å². The zero-order chi connectivity index (χ0) is 41.3. The van der Waals surface area contributed by atoms with E-state index in [1.807, 2.05) is 69.2 Å². The maximum atomic E-state index is 11.9. The minimum atomic E-state index is -1.64. The lowest BCUT2D eigenvalue weighted by Gasteiger charge is -2.34. The summed E-state index contributed by atoms with van der Waals surface area (Å²) < 4.78 is 26.3. The second-order valence-corrected chi connectivity index (χ2v) is 25.7. The van der Waals surface area contributed by atoms with Gasteiger partial charge in [0.25, 0.3) is 0 Å². The zero-order valence-corrected chi connectivity index (χ0v) is 38.6. The van der Waals surface area contributed by atoms with E-state index < -0.39 is 28.0 Å². The van der Waals surface area contributed by atoms with Crippen molar-refractivity contribution >= 4 is 40.5 Å². The number of esters is 3. The summed E-state index contributed by atoms with van der Waals surface area (Å²) in [5, 5.41) is 8.44. The fourth-order valence-electron chi connectivity index (χ4n) is 3.58. The summed E-state index contributed by atoms with van der Waals surface area (Å²) in [4.78, 5) is 44.3. The molecule has 0 rings (SSSR count). The quantitative estimate of drug-likeness (QED) is 0.0552. The number of carbonyl (C=O) groups excluding carboxylic acids is 3. The molecule has 51 heavy (non-hydrogen) atoms. The molecule has 0 aromatic heterocycles. The van der Waals surface area contributed by atoms with Crippen LogP contribution in [-0.2, 0) is 42.2 Å². The average molecular weight is 767 g/mol. The summed E-state index contributed by atoms with van der Waals surface area (Å²) in [7, 11) is -0.169. The first-order valence-corrected chi connectivity index (χ1v) is 25.1. The molecule has 306 valence electrons. The van der Waals surface area contributed by atoms with Gasteiger partial charge in [0.05, 0.1) is 42.0 Å². The second-order valence-electron chi connectivity index (χ2n) is 16.8. The molecule has 0 aliphatic heterocycles. The monoisotopic (exact) mass is 767 g/mol. The van der Waals surface area contributed by atoms with E-state index in [0.29, 0.717) is 26.2 Å². The Morgan fingerprint density at radius 3 is 1.16 bits per heavy atom. The lowest BCUT2D eigenvalue weighted by Crippen LogP contribution is -2.44. The van der Waals surface area contributed by atoms with Crippen LogP contribution in [0.1, 0.15) is 135 Å². The Morgan fingerprint density at radius 2 is 0.882 bits per heavy atom. The summed E-state index contributed by atoms with van der Waals surface area (Å²) in [5.74, 6) is -1.08. The number of hydrogen-bond acceptors (Lipinski definition) is 9. The first-order valence-electron chi connectivity index (χ1n) is 18.9. The summed E-state index contributed by atoms with van der Waals surface area (Å²) in [6.07, 6.45) is 6.54. The number of unbranched alkanes of at least 4 members (excludes halogenated alkanes) is 1. The first-order chi connectivity index (χ1) is 23.0. The number of carbonyl (C=O) groups is 4. The molecule has 0 fully saturated rings. The number of aliphatic carboxylic acids is 1. The van der Waals surface area contributed by atoms with Crippen molar-refractivity contribution in [2.24, 2.45) is 21.7 Å². The molecule has 0 amide bonds. The van der Waals surface area contributed by atoms with Gasteiger partial charge in [0.15, 0.2) is 16.6 Å². The number of carboxylic acids is 1. The zero-order valence-electron chi connectivity index (χ0n) is 36.6. The molecule has 12 heteroatoms. The maximum Gasteiger partial charge on any atom is 0.311 e. The van der Waals surface area contributed by atoms with Crippen LogP contribution < -0.4 is 0 Å². The van der Waals surface area contributed by atoms with Crippen LogP contribution in [0.3, 0.4) is 0 Å². The normalized spacial score (nSPS) is 12.1. The maximum absolute atomic E-state index is 11.9. The van der Waals surface area contributed by atoms with Crippen molar-refractivity contribution in [1.29, 1.82) is 0 Å². The molecule has 0 saturated carbocycles. The van der Waals surface area contributed by atoms with Crippen LogP contribution >= 0.6 is 0 Å². The Morgan fingerprint density at radius 1 is 0.529 bits per heavy atom. The highest BCUT2D eigenvalue weighted by Gasteiger charge is 2.33. The largest absolute Gasteiger partial charge is 0.481 e. The number of hydrogen-bond donors (Lipinski definition) is 1. The highest BCUT2D eigenvalue weighted by Crippen LogP contribution is 2.26. The van der Waals surface area contributed by atoms with Crippen molar-refractivity contribution < 1.29 is 47.3 Å². The molecule has 0 bridgehead atoms. The van der Waals surface area contributed by atoms with Crippen molar-refractivity contribution in [3.8, 4) is 0 Å². The van der Waals surface area contributed by atoms with E-state index in [0.717, 1.165) is 31.7 Å². The van der Waals surface area contributed by atoms with Crippen molar-refractivity contribution in [2.75, 3.05) is 34.0 Å². The third-order valence-corrected chi connectivity index (χ3v) is 16.9. The fraction of sp³-hybridized carbons (Fsp3) is 0.897. The minimum Gasteiger partial charge on any atom is -0.481 e. The average Bonchev–Trinajstić information content (AvgIpc) is 3.05. The van der Waals surface area contributed by atoms with Crippen LogP contribution in [0.5, 0.6) is 0 Å². The molecule has 0 atom stereocenters. The number of ether oxygens (including phenoxy) is 4. The van der Waals surface area contributed by atoms with Crippen molar-refractivity contribution in [2.45, 2.75) is 173 Å².